The maximum absolute atomic E-state index is 11.7. The van der Waals surface area contributed by atoms with Crippen LogP contribution in [0.2, 0.25) is 0 Å². The van der Waals surface area contributed by atoms with Crippen LogP contribution in [0.5, 0.6) is 0 Å². The summed E-state index contributed by atoms with van der Waals surface area (Å²) in [4.78, 5) is 15.0. The van der Waals surface area contributed by atoms with E-state index in [2.05, 4.69) is 37.0 Å². The molecule has 0 aliphatic carbocycles. The van der Waals surface area contributed by atoms with Crippen molar-refractivity contribution in [3.8, 4) is 0 Å². The second kappa shape index (κ2) is 6.92. The monoisotopic (exact) mass is 342 g/mol. The van der Waals surface area contributed by atoms with Crippen molar-refractivity contribution in [1.82, 2.24) is 30.9 Å². The van der Waals surface area contributed by atoms with Crippen molar-refractivity contribution in [3.63, 3.8) is 0 Å². The van der Waals surface area contributed by atoms with Crippen LogP contribution in [0, 0.1) is 0 Å². The summed E-state index contributed by atoms with van der Waals surface area (Å²) in [6.07, 6.45) is 2.91. The summed E-state index contributed by atoms with van der Waals surface area (Å²) in [7, 11) is 0. The highest BCUT2D eigenvalue weighted by Crippen LogP contribution is 2.21. The number of nitrogens with zero attached hydrogens (tertiary/aromatic N) is 3. The van der Waals surface area contributed by atoms with Crippen LogP contribution in [0.15, 0.2) is 24.4 Å². The Morgan fingerprint density at radius 1 is 1.32 bits per heavy atom. The summed E-state index contributed by atoms with van der Waals surface area (Å²) in [5.74, 6) is 0.656. The van der Waals surface area contributed by atoms with Crippen LogP contribution in [-0.2, 0) is 17.6 Å². The van der Waals surface area contributed by atoms with Gasteiger partial charge in [-0.3, -0.25) is 0 Å². The van der Waals surface area contributed by atoms with Crippen molar-refractivity contribution in [1.29, 1.82) is 0 Å². The summed E-state index contributed by atoms with van der Waals surface area (Å²) in [6, 6.07) is 6.19. The maximum Gasteiger partial charge on any atom is 0.407 e. The average Bonchev–Trinajstić information content (AvgIpc) is 3.16. The molecule has 0 aliphatic rings. The quantitative estimate of drug-likeness (QED) is 0.659. The Morgan fingerprint density at radius 3 is 2.88 bits per heavy atom. The van der Waals surface area contributed by atoms with Crippen LogP contribution >= 0.6 is 0 Å². The molecule has 0 radical (unpaired) electrons. The number of fused-ring (bicyclic) bond motifs is 1. The Hall–Kier alpha value is -2.90. The molecule has 0 bridgehead atoms. The minimum absolute atomic E-state index is 0.398. The van der Waals surface area contributed by atoms with Crippen molar-refractivity contribution in [3.05, 3.63) is 41.3 Å². The molecule has 0 aliphatic heterocycles. The second-order valence-corrected chi connectivity index (χ2v) is 6.88. The summed E-state index contributed by atoms with van der Waals surface area (Å²) in [5.41, 5.74) is 2.81. The lowest BCUT2D eigenvalue weighted by Crippen LogP contribution is -2.33. The molecule has 1 amide bonds. The van der Waals surface area contributed by atoms with Crippen molar-refractivity contribution >= 4 is 17.0 Å². The topological polar surface area (TPSA) is 109 Å². The van der Waals surface area contributed by atoms with Gasteiger partial charge in [-0.2, -0.15) is 5.21 Å². The number of H-pyrrole nitrogens is 2. The molecule has 3 N–H and O–H groups in total. The van der Waals surface area contributed by atoms with E-state index in [-0.39, 0.29) is 0 Å². The third-order valence-electron chi connectivity index (χ3n) is 3.65. The lowest BCUT2D eigenvalue weighted by Gasteiger charge is -2.19. The summed E-state index contributed by atoms with van der Waals surface area (Å²) in [5, 5.41) is 17.9. The number of nitrogens with one attached hydrogen (secondary N) is 3. The smallest absolute Gasteiger partial charge is 0.407 e. The Labute approximate surface area is 145 Å². The van der Waals surface area contributed by atoms with Gasteiger partial charge in [0.2, 0.25) is 0 Å². The Kier molecular flexibility index (Phi) is 4.69. The van der Waals surface area contributed by atoms with Crippen molar-refractivity contribution in [2.75, 3.05) is 6.54 Å². The number of aromatic nitrogens is 5. The Bertz CT molecular complexity index is 848. The van der Waals surface area contributed by atoms with Gasteiger partial charge in [-0.1, -0.05) is 11.3 Å². The Morgan fingerprint density at radius 2 is 2.16 bits per heavy atom. The summed E-state index contributed by atoms with van der Waals surface area (Å²) >= 11 is 0. The standard InChI is InChI=1S/C17H22N6O2/c1-17(2,3)25-16(24)18-7-6-12-10-19-14-5-4-11(8-13(12)14)9-15-20-22-23-21-15/h4-5,8,10,19H,6-7,9H2,1-3H3,(H,18,24)(H,20,21,22,23). The van der Waals surface area contributed by atoms with Crippen LogP contribution in [0.4, 0.5) is 4.79 Å². The van der Waals surface area contributed by atoms with E-state index in [0.717, 1.165) is 22.0 Å². The van der Waals surface area contributed by atoms with Crippen LogP contribution in [-0.4, -0.2) is 43.8 Å². The molecule has 0 saturated heterocycles. The van der Waals surface area contributed by atoms with Crippen molar-refractivity contribution in [2.45, 2.75) is 39.2 Å². The SMILES string of the molecule is CC(C)(C)OC(=O)NCCc1c[nH]c2ccc(Cc3nn[nH]n3)cc12. The molecule has 0 spiro atoms. The largest absolute Gasteiger partial charge is 0.444 e. The highest BCUT2D eigenvalue weighted by atomic mass is 16.6. The molecule has 2 aromatic heterocycles. The molecule has 1 aromatic carbocycles. The summed E-state index contributed by atoms with van der Waals surface area (Å²) in [6.45, 7) is 6.05. The lowest BCUT2D eigenvalue weighted by atomic mass is 10.1. The van der Waals surface area contributed by atoms with Crippen LogP contribution in [0.25, 0.3) is 10.9 Å². The van der Waals surface area contributed by atoms with E-state index in [1.54, 1.807) is 0 Å². The first kappa shape index (κ1) is 16.9. The summed E-state index contributed by atoms with van der Waals surface area (Å²) < 4.78 is 5.24. The number of benzene rings is 1. The first-order chi connectivity index (χ1) is 11.9. The van der Waals surface area contributed by atoms with E-state index in [9.17, 15) is 4.79 Å². The van der Waals surface area contributed by atoms with E-state index >= 15 is 0 Å². The third-order valence-corrected chi connectivity index (χ3v) is 3.65. The zero-order chi connectivity index (χ0) is 17.9. The van der Waals surface area contributed by atoms with E-state index in [1.807, 2.05) is 39.1 Å². The molecule has 0 fully saturated rings. The number of amides is 1. The molecule has 8 heteroatoms. The van der Waals surface area contributed by atoms with Gasteiger partial charge in [0.25, 0.3) is 0 Å². The average molecular weight is 342 g/mol. The zero-order valence-electron chi connectivity index (χ0n) is 14.6. The second-order valence-electron chi connectivity index (χ2n) is 6.88. The fourth-order valence-corrected chi connectivity index (χ4v) is 2.60. The lowest BCUT2D eigenvalue weighted by molar-refractivity contribution is 0.0528. The number of hydrogen-bond donors (Lipinski definition) is 3. The molecular formula is C17H22N6O2. The van der Waals surface area contributed by atoms with E-state index in [4.69, 9.17) is 4.74 Å². The van der Waals surface area contributed by atoms with Gasteiger partial charge in [0.1, 0.15) is 5.60 Å². The first-order valence-corrected chi connectivity index (χ1v) is 8.19. The molecular weight excluding hydrogens is 320 g/mol. The van der Waals surface area contributed by atoms with Gasteiger partial charge >= 0.3 is 6.09 Å². The molecule has 3 rings (SSSR count). The third kappa shape index (κ3) is 4.56. The van der Waals surface area contributed by atoms with Gasteiger partial charge in [-0.15, -0.1) is 10.2 Å². The molecule has 25 heavy (non-hydrogen) atoms. The number of aromatic amines is 2. The number of carbonyl (C=O) groups excluding carboxylic acids is 1. The number of ether oxygens (including phenoxy) is 1. The maximum atomic E-state index is 11.7. The zero-order valence-corrected chi connectivity index (χ0v) is 14.6. The predicted molar refractivity (Wildman–Crippen MR) is 93.2 cm³/mol. The van der Waals surface area contributed by atoms with Crippen LogP contribution < -0.4 is 5.32 Å². The molecule has 0 saturated carbocycles. The predicted octanol–water partition coefficient (Wildman–Crippen LogP) is 2.34. The fourth-order valence-electron chi connectivity index (χ4n) is 2.60. The number of alkyl carbamates (subject to hydrolysis) is 1. The number of hydrogen-bond acceptors (Lipinski definition) is 5. The van der Waals surface area contributed by atoms with E-state index < -0.39 is 11.7 Å². The normalized spacial score (nSPS) is 11.6. The van der Waals surface area contributed by atoms with E-state index in [1.165, 1.54) is 0 Å². The van der Waals surface area contributed by atoms with Gasteiger partial charge in [0.05, 0.1) is 0 Å². The number of carbonyl (C=O) groups is 1. The van der Waals surface area contributed by atoms with Crippen molar-refractivity contribution in [2.24, 2.45) is 0 Å². The molecule has 2 heterocycles. The molecule has 3 aromatic rings. The molecule has 0 atom stereocenters. The number of rotatable bonds is 5. The molecule has 0 unspecified atom stereocenters. The molecule has 8 nitrogen and oxygen atoms in total. The number of tetrazole rings is 1. The van der Waals surface area contributed by atoms with Gasteiger partial charge in [-0.25, -0.2) is 4.79 Å². The molecule has 132 valence electrons. The minimum Gasteiger partial charge on any atom is -0.444 e. The minimum atomic E-state index is -0.491. The van der Waals surface area contributed by atoms with Crippen LogP contribution in [0.1, 0.15) is 37.7 Å². The highest BCUT2D eigenvalue weighted by Gasteiger charge is 2.15. The van der Waals surface area contributed by atoms with Gasteiger partial charge < -0.3 is 15.0 Å². The Balaban J connectivity index is 1.64. The van der Waals surface area contributed by atoms with Gasteiger partial charge in [0.15, 0.2) is 5.82 Å². The highest BCUT2D eigenvalue weighted by molar-refractivity contribution is 5.84. The van der Waals surface area contributed by atoms with Crippen LogP contribution in [0.3, 0.4) is 0 Å². The van der Waals surface area contributed by atoms with Gasteiger partial charge in [-0.05, 0) is 50.5 Å². The van der Waals surface area contributed by atoms with E-state index in [0.29, 0.717) is 25.2 Å². The van der Waals surface area contributed by atoms with Crippen molar-refractivity contribution < 1.29 is 9.53 Å². The first-order valence-electron chi connectivity index (χ1n) is 8.19. The fraction of sp³-hybridized carbons (Fsp3) is 0.412. The van der Waals surface area contributed by atoms with Gasteiger partial charge in [0, 0.05) is 30.1 Å².